The van der Waals surface area contributed by atoms with E-state index in [1.54, 1.807) is 24.3 Å². The second kappa shape index (κ2) is 9.22. The van der Waals surface area contributed by atoms with Gasteiger partial charge in [-0.1, -0.05) is 23.3 Å². The van der Waals surface area contributed by atoms with Crippen molar-refractivity contribution in [3.63, 3.8) is 0 Å². The summed E-state index contributed by atoms with van der Waals surface area (Å²) in [6.07, 6.45) is 5.95. The van der Waals surface area contributed by atoms with Gasteiger partial charge in [-0.3, -0.25) is 0 Å². The molecule has 0 radical (unpaired) electrons. The molecule has 0 spiro atoms. The maximum atomic E-state index is 11.2. The summed E-state index contributed by atoms with van der Waals surface area (Å²) < 4.78 is 12.8. The van der Waals surface area contributed by atoms with E-state index in [0.29, 0.717) is 36.5 Å². The Bertz CT molecular complexity index is 1200. The lowest BCUT2D eigenvalue weighted by Gasteiger charge is -2.41. The largest absolute Gasteiger partial charge is 0.508 e. The predicted octanol–water partition coefficient (Wildman–Crippen LogP) is 6.87. The fourth-order valence-electron chi connectivity index (χ4n) is 4.49. The average molecular weight is 463 g/mol. The van der Waals surface area contributed by atoms with Crippen molar-refractivity contribution in [1.82, 2.24) is 0 Å². The molecule has 3 N–H and O–H groups in total. The lowest BCUT2D eigenvalue weighted by Crippen LogP contribution is -2.44. The second-order valence-corrected chi connectivity index (χ2v) is 10.0. The van der Waals surface area contributed by atoms with Gasteiger partial charge in [-0.15, -0.1) is 0 Å². The van der Waals surface area contributed by atoms with E-state index in [2.05, 4.69) is 26.0 Å². The van der Waals surface area contributed by atoms with Crippen LogP contribution in [-0.2, 0) is 11.2 Å². The number of aliphatic hydroxyl groups is 1. The SMILES string of the molecule is CC(C)=CCC[C@@]1(C)OC2=C(C[C@H]1O)c1cc(CC=C(C)C)c(O)cc1Oc1cc(O)ccc12. The number of ether oxygens (including phenoxy) is 2. The molecule has 2 aliphatic heterocycles. The van der Waals surface area contributed by atoms with E-state index < -0.39 is 11.7 Å². The molecule has 180 valence electrons. The van der Waals surface area contributed by atoms with Crippen molar-refractivity contribution >= 4 is 11.3 Å². The van der Waals surface area contributed by atoms with Gasteiger partial charge in [0.15, 0.2) is 0 Å². The Morgan fingerprint density at radius 1 is 1.00 bits per heavy atom. The molecule has 0 unspecified atom stereocenters. The lowest BCUT2D eigenvalue weighted by molar-refractivity contribution is -0.0692. The van der Waals surface area contributed by atoms with Crippen LogP contribution in [0.4, 0.5) is 0 Å². The van der Waals surface area contributed by atoms with E-state index in [1.165, 1.54) is 5.57 Å². The van der Waals surface area contributed by atoms with Crippen molar-refractivity contribution in [3.8, 4) is 23.0 Å². The van der Waals surface area contributed by atoms with Crippen LogP contribution in [0.1, 0.15) is 70.6 Å². The van der Waals surface area contributed by atoms with E-state index in [-0.39, 0.29) is 11.5 Å². The summed E-state index contributed by atoms with van der Waals surface area (Å²) in [5.74, 6) is 1.80. The zero-order valence-corrected chi connectivity index (χ0v) is 20.6. The minimum absolute atomic E-state index is 0.0796. The molecule has 2 aromatic rings. The molecule has 0 fully saturated rings. The highest BCUT2D eigenvalue weighted by molar-refractivity contribution is 5.94. The number of benzene rings is 2. The summed E-state index contributed by atoms with van der Waals surface area (Å²) in [6, 6.07) is 8.48. The molecule has 0 amide bonds. The lowest BCUT2D eigenvalue weighted by atomic mass is 9.82. The van der Waals surface area contributed by atoms with E-state index >= 15 is 0 Å². The highest BCUT2D eigenvalue weighted by Gasteiger charge is 2.43. The number of hydrogen-bond donors (Lipinski definition) is 3. The third-order valence-electron chi connectivity index (χ3n) is 6.57. The van der Waals surface area contributed by atoms with Crippen molar-refractivity contribution < 1.29 is 24.8 Å². The smallest absolute Gasteiger partial charge is 0.142 e. The average Bonchev–Trinajstić information content (AvgIpc) is 2.86. The van der Waals surface area contributed by atoms with Gasteiger partial charge in [0.05, 0.1) is 11.7 Å². The minimum Gasteiger partial charge on any atom is -0.508 e. The Morgan fingerprint density at radius 2 is 1.71 bits per heavy atom. The number of fused-ring (bicyclic) bond motifs is 4. The monoisotopic (exact) mass is 462 g/mol. The molecule has 2 heterocycles. The van der Waals surface area contributed by atoms with Crippen LogP contribution in [-0.4, -0.2) is 27.0 Å². The van der Waals surface area contributed by atoms with Gasteiger partial charge in [0.1, 0.15) is 34.4 Å². The van der Waals surface area contributed by atoms with Crippen LogP contribution in [0.2, 0.25) is 0 Å². The van der Waals surface area contributed by atoms with Crippen molar-refractivity contribution in [2.24, 2.45) is 0 Å². The fraction of sp³-hybridized carbons (Fsp3) is 0.379. The molecule has 2 aromatic carbocycles. The second-order valence-electron chi connectivity index (χ2n) is 10.0. The summed E-state index contributed by atoms with van der Waals surface area (Å²) in [6.45, 7) is 10.1. The summed E-state index contributed by atoms with van der Waals surface area (Å²) in [5.41, 5.74) is 4.74. The number of phenols is 2. The highest BCUT2D eigenvalue weighted by atomic mass is 16.5. The van der Waals surface area contributed by atoms with Gasteiger partial charge in [-0.2, -0.15) is 0 Å². The molecule has 5 nitrogen and oxygen atoms in total. The first kappa shape index (κ1) is 24.0. The quantitative estimate of drug-likeness (QED) is 0.423. The van der Waals surface area contributed by atoms with Crippen LogP contribution in [0.3, 0.4) is 0 Å². The van der Waals surface area contributed by atoms with Crippen molar-refractivity contribution in [3.05, 3.63) is 70.3 Å². The van der Waals surface area contributed by atoms with Gasteiger partial charge in [-0.05, 0) is 77.6 Å². The van der Waals surface area contributed by atoms with Crippen LogP contribution in [0.15, 0.2) is 53.6 Å². The zero-order chi connectivity index (χ0) is 24.6. The molecule has 2 atom stereocenters. The molecule has 0 bridgehead atoms. The van der Waals surface area contributed by atoms with Gasteiger partial charge >= 0.3 is 0 Å². The molecule has 0 saturated carbocycles. The Hall–Kier alpha value is -3.18. The predicted molar refractivity (Wildman–Crippen MR) is 135 cm³/mol. The molecular weight excluding hydrogens is 428 g/mol. The summed E-state index contributed by atoms with van der Waals surface area (Å²) in [7, 11) is 0. The zero-order valence-electron chi connectivity index (χ0n) is 20.6. The van der Waals surface area contributed by atoms with E-state index in [1.807, 2.05) is 26.8 Å². The van der Waals surface area contributed by atoms with Crippen LogP contribution >= 0.6 is 0 Å². The first-order valence-electron chi connectivity index (χ1n) is 11.8. The molecule has 0 aliphatic carbocycles. The van der Waals surface area contributed by atoms with Crippen molar-refractivity contribution in [2.75, 3.05) is 0 Å². The molecule has 4 rings (SSSR count). The fourth-order valence-corrected chi connectivity index (χ4v) is 4.49. The van der Waals surface area contributed by atoms with Gasteiger partial charge in [0.25, 0.3) is 0 Å². The Morgan fingerprint density at radius 3 is 2.41 bits per heavy atom. The summed E-state index contributed by atoms with van der Waals surface area (Å²) in [4.78, 5) is 0. The number of aliphatic hydroxyl groups excluding tert-OH is 1. The molecule has 0 aromatic heterocycles. The number of allylic oxidation sites excluding steroid dienone is 4. The van der Waals surface area contributed by atoms with Crippen LogP contribution in [0.25, 0.3) is 11.3 Å². The molecule has 34 heavy (non-hydrogen) atoms. The number of phenolic OH excluding ortho intramolecular Hbond substituents is 2. The molecular formula is C29H34O5. The third-order valence-corrected chi connectivity index (χ3v) is 6.57. The van der Waals surface area contributed by atoms with E-state index in [0.717, 1.165) is 34.3 Å². The summed E-state index contributed by atoms with van der Waals surface area (Å²) >= 11 is 0. The summed E-state index contributed by atoms with van der Waals surface area (Å²) in [5, 5.41) is 32.0. The van der Waals surface area contributed by atoms with Crippen molar-refractivity contribution in [1.29, 1.82) is 0 Å². The van der Waals surface area contributed by atoms with Crippen LogP contribution in [0.5, 0.6) is 23.0 Å². The molecule has 5 heteroatoms. The minimum atomic E-state index is -0.772. The molecule has 2 aliphatic rings. The standard InChI is InChI=1S/C29H34O5/c1-17(2)7-6-12-29(5)27(32)15-23-22-13-19(9-8-18(3)4)24(31)16-26(22)33-25-14-20(30)10-11-21(25)28(23)34-29/h7-8,10-11,13-14,16,27,30-32H,6,9,12,15H2,1-5H3/t27-,29-/m1/s1. The van der Waals surface area contributed by atoms with Crippen LogP contribution in [0, 0.1) is 0 Å². The topological polar surface area (TPSA) is 79.2 Å². The van der Waals surface area contributed by atoms with Crippen molar-refractivity contribution in [2.45, 2.75) is 72.0 Å². The maximum absolute atomic E-state index is 11.2. The first-order valence-corrected chi connectivity index (χ1v) is 11.8. The molecule has 0 saturated heterocycles. The van der Waals surface area contributed by atoms with Gasteiger partial charge in [0.2, 0.25) is 0 Å². The number of hydrogen-bond acceptors (Lipinski definition) is 5. The number of aromatic hydroxyl groups is 2. The highest BCUT2D eigenvalue weighted by Crippen LogP contribution is 2.51. The van der Waals surface area contributed by atoms with Gasteiger partial charge in [0, 0.05) is 29.7 Å². The first-order chi connectivity index (χ1) is 16.1. The third kappa shape index (κ3) is 4.71. The van der Waals surface area contributed by atoms with E-state index in [9.17, 15) is 15.3 Å². The number of rotatable bonds is 5. The maximum Gasteiger partial charge on any atom is 0.142 e. The normalized spacial score (nSPS) is 20.7. The Kier molecular flexibility index (Phi) is 6.50. The van der Waals surface area contributed by atoms with Gasteiger partial charge < -0.3 is 24.8 Å². The Labute approximate surface area is 201 Å². The van der Waals surface area contributed by atoms with Crippen LogP contribution < -0.4 is 4.74 Å². The Balaban J connectivity index is 1.86. The van der Waals surface area contributed by atoms with E-state index in [4.69, 9.17) is 9.47 Å². The van der Waals surface area contributed by atoms with Gasteiger partial charge in [-0.25, -0.2) is 0 Å².